The second kappa shape index (κ2) is 5.44. The van der Waals surface area contributed by atoms with E-state index in [9.17, 15) is 18.0 Å². The van der Waals surface area contributed by atoms with Gasteiger partial charge in [0.1, 0.15) is 0 Å². The summed E-state index contributed by atoms with van der Waals surface area (Å²) in [7, 11) is 0. The maximum Gasteiger partial charge on any atom is 0.406 e. The Morgan fingerprint density at radius 2 is 2.11 bits per heavy atom. The SMILES string of the molecule is CC(C)OCCN1CCC(C(=O)O)(C(F)(F)F)C1. The first-order valence-corrected chi connectivity index (χ1v) is 5.83. The second-order valence-corrected chi connectivity index (χ2v) is 4.83. The third-order valence-corrected chi connectivity index (χ3v) is 3.16. The quantitative estimate of drug-likeness (QED) is 0.826. The van der Waals surface area contributed by atoms with Crippen LogP contribution in [0.2, 0.25) is 0 Å². The molecule has 0 aliphatic carbocycles. The summed E-state index contributed by atoms with van der Waals surface area (Å²) >= 11 is 0. The molecule has 4 nitrogen and oxygen atoms in total. The van der Waals surface area contributed by atoms with E-state index >= 15 is 0 Å². The predicted molar refractivity (Wildman–Crippen MR) is 58.3 cm³/mol. The maximum atomic E-state index is 12.9. The topological polar surface area (TPSA) is 49.8 Å². The van der Waals surface area contributed by atoms with Crippen molar-refractivity contribution in [2.75, 3.05) is 26.2 Å². The van der Waals surface area contributed by atoms with E-state index in [1.807, 2.05) is 13.8 Å². The highest BCUT2D eigenvalue weighted by Gasteiger charge is 2.63. The Hall–Kier alpha value is -0.820. The first kappa shape index (κ1) is 15.2. The average molecular weight is 269 g/mol. The molecule has 1 N–H and O–H groups in total. The molecular weight excluding hydrogens is 251 g/mol. The van der Waals surface area contributed by atoms with E-state index in [4.69, 9.17) is 9.84 Å². The zero-order chi connectivity index (χ0) is 14.0. The number of ether oxygens (including phenoxy) is 1. The Morgan fingerprint density at radius 3 is 2.50 bits per heavy atom. The summed E-state index contributed by atoms with van der Waals surface area (Å²) in [6.07, 6.45) is -5.10. The van der Waals surface area contributed by atoms with Gasteiger partial charge in [-0.2, -0.15) is 13.2 Å². The van der Waals surface area contributed by atoms with Gasteiger partial charge in [0.25, 0.3) is 0 Å². The van der Waals surface area contributed by atoms with Crippen LogP contribution < -0.4 is 0 Å². The third kappa shape index (κ3) is 3.14. The van der Waals surface area contributed by atoms with Crippen LogP contribution in [0.4, 0.5) is 13.2 Å². The average Bonchev–Trinajstić information content (AvgIpc) is 2.61. The molecular formula is C11H18F3NO3. The molecule has 0 saturated carbocycles. The summed E-state index contributed by atoms with van der Waals surface area (Å²) in [5.74, 6) is -1.79. The maximum absolute atomic E-state index is 12.9. The molecule has 1 rings (SSSR count). The van der Waals surface area contributed by atoms with E-state index in [-0.39, 0.29) is 12.6 Å². The lowest BCUT2D eigenvalue weighted by Gasteiger charge is -2.27. The first-order chi connectivity index (χ1) is 8.19. The van der Waals surface area contributed by atoms with Crippen molar-refractivity contribution in [2.45, 2.75) is 32.5 Å². The Morgan fingerprint density at radius 1 is 1.50 bits per heavy atom. The van der Waals surface area contributed by atoms with Gasteiger partial charge in [-0.3, -0.25) is 9.69 Å². The van der Waals surface area contributed by atoms with Crippen molar-refractivity contribution in [3.05, 3.63) is 0 Å². The molecule has 1 unspecified atom stereocenters. The van der Waals surface area contributed by atoms with Crippen molar-refractivity contribution < 1.29 is 27.8 Å². The minimum Gasteiger partial charge on any atom is -0.481 e. The van der Waals surface area contributed by atoms with E-state index in [1.165, 1.54) is 4.90 Å². The van der Waals surface area contributed by atoms with Gasteiger partial charge in [-0.05, 0) is 26.8 Å². The lowest BCUT2D eigenvalue weighted by molar-refractivity contribution is -0.227. The minimum atomic E-state index is -4.72. The summed E-state index contributed by atoms with van der Waals surface area (Å²) in [4.78, 5) is 12.4. The summed E-state index contributed by atoms with van der Waals surface area (Å²) in [6.45, 7) is 3.94. The molecule has 0 amide bonds. The van der Waals surface area contributed by atoms with Gasteiger partial charge in [0.05, 0.1) is 12.7 Å². The third-order valence-electron chi connectivity index (χ3n) is 3.16. The monoisotopic (exact) mass is 269 g/mol. The normalized spacial score (nSPS) is 25.9. The van der Waals surface area contributed by atoms with Crippen molar-refractivity contribution in [3.63, 3.8) is 0 Å². The zero-order valence-corrected chi connectivity index (χ0v) is 10.5. The molecule has 1 aliphatic rings. The summed E-state index contributed by atoms with van der Waals surface area (Å²) in [6, 6.07) is 0. The van der Waals surface area contributed by atoms with E-state index < -0.39 is 30.5 Å². The van der Waals surface area contributed by atoms with Crippen LogP contribution in [0, 0.1) is 5.41 Å². The van der Waals surface area contributed by atoms with E-state index in [2.05, 4.69) is 0 Å². The minimum absolute atomic E-state index is 0.0134. The molecule has 0 radical (unpaired) electrons. The Kier molecular flexibility index (Phi) is 4.61. The van der Waals surface area contributed by atoms with Crippen LogP contribution in [0.25, 0.3) is 0 Å². The van der Waals surface area contributed by atoms with Crippen LogP contribution in [0.1, 0.15) is 20.3 Å². The van der Waals surface area contributed by atoms with E-state index in [0.717, 1.165) is 0 Å². The van der Waals surface area contributed by atoms with Gasteiger partial charge in [0.15, 0.2) is 5.41 Å². The Balaban J connectivity index is 2.59. The van der Waals surface area contributed by atoms with Crippen molar-refractivity contribution in [1.29, 1.82) is 0 Å². The van der Waals surface area contributed by atoms with Crippen molar-refractivity contribution in [1.82, 2.24) is 4.90 Å². The molecule has 0 aromatic heterocycles. The molecule has 7 heteroatoms. The Labute approximate surface area is 104 Å². The number of nitrogens with zero attached hydrogens (tertiary/aromatic N) is 1. The zero-order valence-electron chi connectivity index (χ0n) is 10.5. The molecule has 0 aromatic carbocycles. The fourth-order valence-electron chi connectivity index (χ4n) is 2.02. The van der Waals surface area contributed by atoms with Crippen molar-refractivity contribution in [3.8, 4) is 0 Å². The molecule has 1 saturated heterocycles. The van der Waals surface area contributed by atoms with Gasteiger partial charge in [0.2, 0.25) is 0 Å². The number of likely N-dealkylation sites (tertiary alicyclic amines) is 1. The molecule has 0 aromatic rings. The fourth-order valence-corrected chi connectivity index (χ4v) is 2.02. The first-order valence-electron chi connectivity index (χ1n) is 5.83. The van der Waals surface area contributed by atoms with Gasteiger partial charge < -0.3 is 9.84 Å². The van der Waals surface area contributed by atoms with Gasteiger partial charge in [0, 0.05) is 13.1 Å². The van der Waals surface area contributed by atoms with Crippen molar-refractivity contribution in [2.24, 2.45) is 5.41 Å². The highest BCUT2D eigenvalue weighted by atomic mass is 19.4. The Bertz CT molecular complexity index is 306. The fraction of sp³-hybridized carbons (Fsp3) is 0.909. The van der Waals surface area contributed by atoms with Crippen LogP contribution in [0.15, 0.2) is 0 Å². The number of hydrogen-bond acceptors (Lipinski definition) is 3. The molecule has 0 bridgehead atoms. The molecule has 0 spiro atoms. The summed E-state index contributed by atoms with van der Waals surface area (Å²) in [5.41, 5.74) is -2.62. The highest BCUT2D eigenvalue weighted by molar-refractivity contribution is 5.76. The number of carboxylic acids is 1. The van der Waals surface area contributed by atoms with Gasteiger partial charge in [-0.1, -0.05) is 0 Å². The van der Waals surface area contributed by atoms with Crippen LogP contribution in [0.5, 0.6) is 0 Å². The number of hydrogen-bond donors (Lipinski definition) is 1. The summed E-state index contributed by atoms with van der Waals surface area (Å²) < 4.78 is 43.8. The van der Waals surface area contributed by atoms with Crippen LogP contribution >= 0.6 is 0 Å². The number of halogens is 3. The predicted octanol–water partition coefficient (Wildman–Crippen LogP) is 1.75. The molecule has 1 aliphatic heterocycles. The smallest absolute Gasteiger partial charge is 0.406 e. The van der Waals surface area contributed by atoms with Crippen molar-refractivity contribution >= 4 is 5.97 Å². The van der Waals surface area contributed by atoms with Crippen LogP contribution in [-0.4, -0.2) is 54.5 Å². The molecule has 1 heterocycles. The van der Waals surface area contributed by atoms with Crippen LogP contribution in [-0.2, 0) is 9.53 Å². The number of alkyl halides is 3. The van der Waals surface area contributed by atoms with Gasteiger partial charge >= 0.3 is 12.1 Å². The lowest BCUT2D eigenvalue weighted by Crippen LogP contribution is -2.47. The largest absolute Gasteiger partial charge is 0.481 e. The molecule has 106 valence electrons. The number of carboxylic acid groups (broad SMARTS) is 1. The molecule has 1 atom stereocenters. The molecule has 18 heavy (non-hydrogen) atoms. The van der Waals surface area contributed by atoms with Gasteiger partial charge in [-0.15, -0.1) is 0 Å². The van der Waals surface area contributed by atoms with E-state index in [1.54, 1.807) is 0 Å². The second-order valence-electron chi connectivity index (χ2n) is 4.83. The summed E-state index contributed by atoms with van der Waals surface area (Å²) in [5, 5.41) is 8.85. The number of carbonyl (C=O) groups is 1. The number of aliphatic carboxylic acids is 1. The molecule has 1 fully saturated rings. The highest BCUT2D eigenvalue weighted by Crippen LogP contribution is 2.45. The number of rotatable bonds is 5. The van der Waals surface area contributed by atoms with E-state index in [0.29, 0.717) is 13.2 Å². The standard InChI is InChI=1S/C11H18F3NO3/c1-8(2)18-6-5-15-4-3-10(7-15,9(16)17)11(12,13)14/h8H,3-7H2,1-2H3,(H,16,17). The lowest BCUT2D eigenvalue weighted by atomic mass is 9.86. The van der Waals surface area contributed by atoms with Crippen LogP contribution in [0.3, 0.4) is 0 Å². The van der Waals surface area contributed by atoms with Gasteiger partial charge in [-0.25, -0.2) is 0 Å².